The van der Waals surface area contributed by atoms with E-state index in [-0.39, 0.29) is 17.9 Å². The van der Waals surface area contributed by atoms with Gasteiger partial charge in [-0.05, 0) is 49.2 Å². The third kappa shape index (κ3) is 6.41. The average Bonchev–Trinajstić information content (AvgIpc) is 2.91. The van der Waals surface area contributed by atoms with Crippen LogP contribution in [0.2, 0.25) is 0 Å². The van der Waals surface area contributed by atoms with Crippen LogP contribution in [0.5, 0.6) is 11.5 Å². The van der Waals surface area contributed by atoms with E-state index in [4.69, 9.17) is 9.47 Å². The highest BCUT2D eigenvalue weighted by Gasteiger charge is 2.24. The van der Waals surface area contributed by atoms with Crippen LogP contribution in [-0.2, 0) is 0 Å². The molecule has 2 amide bonds. The third-order valence-corrected chi connectivity index (χ3v) is 6.23. The van der Waals surface area contributed by atoms with Crippen molar-refractivity contribution in [2.24, 2.45) is 0 Å². The monoisotopic (exact) mass is 472 g/mol. The molecule has 0 spiro atoms. The summed E-state index contributed by atoms with van der Waals surface area (Å²) in [7, 11) is 1.68. The molecular formula is C29H32N2O4. The molecule has 0 aliphatic heterocycles. The quantitative estimate of drug-likeness (QED) is 0.419. The van der Waals surface area contributed by atoms with Gasteiger partial charge in [-0.1, -0.05) is 61.7 Å². The SMILES string of the molecule is CN(C(=O)c1ccccc1OCCOc1ccccc1)c1ccccc1C(=O)NC1CCCCC1. The molecule has 35 heavy (non-hydrogen) atoms. The Morgan fingerprint density at radius 3 is 2.20 bits per heavy atom. The lowest BCUT2D eigenvalue weighted by Crippen LogP contribution is -2.37. The summed E-state index contributed by atoms with van der Waals surface area (Å²) in [5, 5.41) is 3.15. The van der Waals surface area contributed by atoms with Crippen molar-refractivity contribution >= 4 is 17.5 Å². The zero-order valence-corrected chi connectivity index (χ0v) is 20.1. The van der Waals surface area contributed by atoms with Crippen molar-refractivity contribution in [3.8, 4) is 11.5 Å². The Morgan fingerprint density at radius 2 is 1.43 bits per heavy atom. The van der Waals surface area contributed by atoms with E-state index in [1.807, 2.05) is 48.5 Å². The number of ether oxygens (including phenoxy) is 2. The molecule has 0 unspecified atom stereocenters. The van der Waals surface area contributed by atoms with E-state index in [1.165, 1.54) is 11.3 Å². The molecule has 3 aromatic carbocycles. The molecule has 6 nitrogen and oxygen atoms in total. The Morgan fingerprint density at radius 1 is 0.800 bits per heavy atom. The summed E-state index contributed by atoms with van der Waals surface area (Å²) in [6, 6.07) is 24.1. The van der Waals surface area contributed by atoms with Gasteiger partial charge in [-0.15, -0.1) is 0 Å². The van der Waals surface area contributed by atoms with Gasteiger partial charge < -0.3 is 19.7 Å². The lowest BCUT2D eigenvalue weighted by atomic mass is 9.95. The van der Waals surface area contributed by atoms with E-state index in [9.17, 15) is 9.59 Å². The first-order chi connectivity index (χ1) is 17.1. The number of nitrogens with zero attached hydrogens (tertiary/aromatic N) is 1. The Balaban J connectivity index is 1.43. The number of rotatable bonds is 9. The molecular weight excluding hydrogens is 440 g/mol. The van der Waals surface area contributed by atoms with Crippen molar-refractivity contribution in [2.75, 3.05) is 25.2 Å². The molecule has 0 heterocycles. The summed E-state index contributed by atoms with van der Waals surface area (Å²) in [5.41, 5.74) is 1.48. The van der Waals surface area contributed by atoms with Crippen LogP contribution in [0, 0.1) is 0 Å². The van der Waals surface area contributed by atoms with E-state index >= 15 is 0 Å². The highest BCUT2D eigenvalue weighted by molar-refractivity contribution is 6.11. The molecule has 1 fully saturated rings. The van der Waals surface area contributed by atoms with Gasteiger partial charge in [0.2, 0.25) is 0 Å². The van der Waals surface area contributed by atoms with E-state index in [0.717, 1.165) is 31.4 Å². The fraction of sp³-hybridized carbons (Fsp3) is 0.310. The molecule has 4 rings (SSSR count). The molecule has 0 bridgehead atoms. The van der Waals surface area contributed by atoms with Gasteiger partial charge in [0.05, 0.1) is 16.8 Å². The average molecular weight is 473 g/mol. The van der Waals surface area contributed by atoms with Crippen LogP contribution in [0.15, 0.2) is 78.9 Å². The van der Waals surface area contributed by atoms with Crippen LogP contribution in [0.3, 0.4) is 0 Å². The minimum Gasteiger partial charge on any atom is -0.490 e. The number of hydrogen-bond donors (Lipinski definition) is 1. The van der Waals surface area contributed by atoms with Gasteiger partial charge in [-0.25, -0.2) is 0 Å². The maximum atomic E-state index is 13.5. The minimum absolute atomic E-state index is 0.144. The summed E-state index contributed by atoms with van der Waals surface area (Å²) < 4.78 is 11.6. The van der Waals surface area contributed by atoms with Crippen LogP contribution in [-0.4, -0.2) is 38.1 Å². The normalized spacial score (nSPS) is 13.6. The number of hydrogen-bond acceptors (Lipinski definition) is 4. The summed E-state index contributed by atoms with van der Waals surface area (Å²) in [5.74, 6) is 0.852. The Bertz CT molecular complexity index is 1130. The third-order valence-electron chi connectivity index (χ3n) is 6.23. The molecule has 3 aromatic rings. The zero-order valence-electron chi connectivity index (χ0n) is 20.1. The summed E-state index contributed by atoms with van der Waals surface area (Å²) in [4.78, 5) is 28.0. The van der Waals surface area contributed by atoms with Crippen LogP contribution >= 0.6 is 0 Å². The van der Waals surface area contributed by atoms with Crippen LogP contribution in [0.4, 0.5) is 5.69 Å². The highest BCUT2D eigenvalue weighted by Crippen LogP contribution is 2.26. The number of carbonyl (C=O) groups is 2. The van der Waals surface area contributed by atoms with Crippen molar-refractivity contribution in [3.05, 3.63) is 90.0 Å². The highest BCUT2D eigenvalue weighted by atomic mass is 16.5. The Hall–Kier alpha value is -3.80. The van der Waals surface area contributed by atoms with Gasteiger partial charge in [-0.2, -0.15) is 0 Å². The lowest BCUT2D eigenvalue weighted by Gasteiger charge is -2.25. The van der Waals surface area contributed by atoms with Gasteiger partial charge in [0.25, 0.3) is 11.8 Å². The molecule has 0 atom stereocenters. The maximum Gasteiger partial charge on any atom is 0.261 e. The predicted octanol–water partition coefficient (Wildman–Crippen LogP) is 5.48. The molecule has 6 heteroatoms. The van der Waals surface area contributed by atoms with Crippen LogP contribution < -0.4 is 19.7 Å². The largest absolute Gasteiger partial charge is 0.490 e. The smallest absolute Gasteiger partial charge is 0.261 e. The first-order valence-corrected chi connectivity index (χ1v) is 12.2. The van der Waals surface area contributed by atoms with E-state index in [1.54, 1.807) is 37.4 Å². The topological polar surface area (TPSA) is 67.9 Å². The summed E-state index contributed by atoms with van der Waals surface area (Å²) in [6.07, 6.45) is 5.50. The Labute approximate surface area is 206 Å². The first-order valence-electron chi connectivity index (χ1n) is 12.2. The number of anilines is 1. The molecule has 1 aliphatic carbocycles. The van der Waals surface area contributed by atoms with Gasteiger partial charge in [0.15, 0.2) is 0 Å². The van der Waals surface area contributed by atoms with Crippen LogP contribution in [0.25, 0.3) is 0 Å². The molecule has 182 valence electrons. The second-order valence-corrected chi connectivity index (χ2v) is 8.70. The van der Waals surface area contributed by atoms with Gasteiger partial charge in [-0.3, -0.25) is 9.59 Å². The molecule has 0 aromatic heterocycles. The van der Waals surface area contributed by atoms with Crippen LogP contribution in [0.1, 0.15) is 52.8 Å². The molecule has 1 N–H and O–H groups in total. The number of para-hydroxylation sites is 3. The molecule has 1 aliphatic rings. The maximum absolute atomic E-state index is 13.5. The van der Waals surface area contributed by atoms with Crippen molar-refractivity contribution in [2.45, 2.75) is 38.1 Å². The van der Waals surface area contributed by atoms with E-state index < -0.39 is 0 Å². The second-order valence-electron chi connectivity index (χ2n) is 8.70. The van der Waals surface area contributed by atoms with Crippen molar-refractivity contribution in [3.63, 3.8) is 0 Å². The zero-order chi connectivity index (χ0) is 24.5. The van der Waals surface area contributed by atoms with Gasteiger partial charge >= 0.3 is 0 Å². The Kier molecular flexibility index (Phi) is 8.39. The van der Waals surface area contributed by atoms with E-state index in [2.05, 4.69) is 5.32 Å². The van der Waals surface area contributed by atoms with Gasteiger partial charge in [0.1, 0.15) is 24.7 Å². The molecule has 0 radical (unpaired) electrons. The summed E-state index contributed by atoms with van der Waals surface area (Å²) >= 11 is 0. The van der Waals surface area contributed by atoms with Crippen molar-refractivity contribution in [1.82, 2.24) is 5.32 Å². The van der Waals surface area contributed by atoms with Crippen molar-refractivity contribution in [1.29, 1.82) is 0 Å². The number of amides is 2. The predicted molar refractivity (Wildman–Crippen MR) is 137 cm³/mol. The van der Waals surface area contributed by atoms with Crippen molar-refractivity contribution < 1.29 is 19.1 Å². The fourth-order valence-electron chi connectivity index (χ4n) is 4.36. The summed E-state index contributed by atoms with van der Waals surface area (Å²) in [6.45, 7) is 0.649. The molecule has 0 saturated heterocycles. The van der Waals surface area contributed by atoms with Gasteiger partial charge in [0, 0.05) is 13.1 Å². The number of nitrogens with one attached hydrogen (secondary N) is 1. The number of carbonyl (C=O) groups excluding carboxylic acids is 2. The van der Waals surface area contributed by atoms with E-state index in [0.29, 0.717) is 35.8 Å². The second kappa shape index (κ2) is 12.1. The number of benzene rings is 3. The minimum atomic E-state index is -0.248. The molecule has 1 saturated carbocycles. The lowest BCUT2D eigenvalue weighted by molar-refractivity contribution is 0.0928. The fourth-order valence-corrected chi connectivity index (χ4v) is 4.36. The first kappa shape index (κ1) is 24.3. The standard InChI is InChI=1S/C29H32N2O4/c1-31(26-18-10-8-16-24(26)28(32)30-22-12-4-2-5-13-22)29(33)25-17-9-11-19-27(25)35-21-20-34-23-14-6-3-7-15-23/h3,6-11,14-19,22H,2,4-5,12-13,20-21H2,1H3,(H,30,32).